The first-order valence-corrected chi connectivity index (χ1v) is 8.13. The molecule has 1 aliphatic rings. The molecule has 0 saturated heterocycles. The lowest BCUT2D eigenvalue weighted by molar-refractivity contribution is -0.117. The lowest BCUT2D eigenvalue weighted by atomic mass is 10.1. The van der Waals surface area contributed by atoms with Crippen molar-refractivity contribution >= 4 is 11.6 Å². The summed E-state index contributed by atoms with van der Waals surface area (Å²) in [6.45, 7) is 3.82. The van der Waals surface area contributed by atoms with Gasteiger partial charge in [-0.3, -0.25) is 9.69 Å². The van der Waals surface area contributed by atoms with Crippen LogP contribution in [0.5, 0.6) is 0 Å². The first-order valence-electron chi connectivity index (χ1n) is 8.13. The van der Waals surface area contributed by atoms with Crippen molar-refractivity contribution in [3.8, 4) is 5.69 Å². The third-order valence-corrected chi connectivity index (χ3v) is 4.27. The van der Waals surface area contributed by atoms with E-state index in [9.17, 15) is 4.79 Å². The molecule has 2 heterocycles. The minimum atomic E-state index is -0.0293. The molecule has 1 aromatic heterocycles. The van der Waals surface area contributed by atoms with Crippen LogP contribution in [0.4, 0.5) is 5.69 Å². The van der Waals surface area contributed by atoms with Crippen LogP contribution < -0.4 is 5.32 Å². The molecule has 2 aromatic carbocycles. The Labute approximate surface area is 145 Å². The highest BCUT2D eigenvalue weighted by Gasteiger charge is 2.20. The number of anilines is 1. The second-order valence-corrected chi connectivity index (χ2v) is 6.15. The number of aryl methyl sites for hydroxylation is 1. The number of carbonyl (C=O) groups is 1. The Morgan fingerprint density at radius 2 is 1.88 bits per heavy atom. The van der Waals surface area contributed by atoms with Crippen LogP contribution >= 0.6 is 0 Å². The molecule has 1 amide bonds. The number of hydrogen-bond donors (Lipinski definition) is 1. The second-order valence-electron chi connectivity index (χ2n) is 6.15. The van der Waals surface area contributed by atoms with E-state index >= 15 is 0 Å². The summed E-state index contributed by atoms with van der Waals surface area (Å²) in [6, 6.07) is 15.8. The second kappa shape index (κ2) is 6.45. The fourth-order valence-electron chi connectivity index (χ4n) is 3.10. The summed E-state index contributed by atoms with van der Waals surface area (Å²) in [5.41, 5.74) is 4.14. The molecule has 0 bridgehead atoms. The van der Waals surface area contributed by atoms with E-state index in [4.69, 9.17) is 0 Å². The van der Waals surface area contributed by atoms with Gasteiger partial charge in [-0.1, -0.05) is 30.3 Å². The van der Waals surface area contributed by atoms with Crippen molar-refractivity contribution in [2.24, 2.45) is 0 Å². The molecule has 0 radical (unpaired) electrons. The average Bonchev–Trinajstić information content (AvgIpc) is 3.20. The van der Waals surface area contributed by atoms with E-state index in [1.807, 2.05) is 43.3 Å². The van der Waals surface area contributed by atoms with Crippen molar-refractivity contribution < 1.29 is 4.79 Å². The summed E-state index contributed by atoms with van der Waals surface area (Å²) in [7, 11) is 0. The van der Waals surface area contributed by atoms with Crippen LogP contribution in [0, 0.1) is 6.92 Å². The molecule has 1 N–H and O–H groups in total. The highest BCUT2D eigenvalue weighted by molar-refractivity contribution is 5.92. The maximum atomic E-state index is 12.4. The number of carbonyl (C=O) groups excluding carboxylic acids is 1. The Balaban J connectivity index is 1.41. The van der Waals surface area contributed by atoms with Gasteiger partial charge in [-0.15, -0.1) is 5.10 Å². The van der Waals surface area contributed by atoms with Gasteiger partial charge in [-0.05, 0) is 46.7 Å². The molecule has 1 aliphatic heterocycles. The molecule has 0 saturated carbocycles. The molecule has 7 heteroatoms. The number of nitrogens with zero attached hydrogens (tertiary/aromatic N) is 5. The molecule has 3 aromatic rings. The normalized spacial score (nSPS) is 13.6. The number of fused-ring (bicyclic) bond motifs is 1. The third-order valence-electron chi connectivity index (χ3n) is 4.27. The van der Waals surface area contributed by atoms with Gasteiger partial charge < -0.3 is 5.32 Å². The van der Waals surface area contributed by atoms with Crippen molar-refractivity contribution in [3.05, 3.63) is 65.5 Å². The Morgan fingerprint density at radius 3 is 2.56 bits per heavy atom. The van der Waals surface area contributed by atoms with Crippen LogP contribution in [0.2, 0.25) is 0 Å². The monoisotopic (exact) mass is 334 g/mol. The number of aromatic nitrogens is 4. The summed E-state index contributed by atoms with van der Waals surface area (Å²) in [6.07, 6.45) is 0. The Bertz CT molecular complexity index is 894. The lowest BCUT2D eigenvalue weighted by Crippen LogP contribution is -2.29. The minimum Gasteiger partial charge on any atom is -0.325 e. The number of benzene rings is 2. The molecule has 0 atom stereocenters. The van der Waals surface area contributed by atoms with E-state index in [-0.39, 0.29) is 5.91 Å². The first-order chi connectivity index (χ1) is 12.2. The molecule has 0 fully saturated rings. The molecule has 4 rings (SSSR count). The van der Waals surface area contributed by atoms with E-state index in [1.165, 1.54) is 11.1 Å². The lowest BCUT2D eigenvalue weighted by Gasteiger charge is -2.14. The van der Waals surface area contributed by atoms with Gasteiger partial charge in [0, 0.05) is 18.8 Å². The van der Waals surface area contributed by atoms with Crippen molar-refractivity contribution in [3.63, 3.8) is 0 Å². The van der Waals surface area contributed by atoms with Gasteiger partial charge in [0.1, 0.15) is 0 Å². The molecule has 25 heavy (non-hydrogen) atoms. The topological polar surface area (TPSA) is 75.9 Å². The molecular formula is C18H18N6O. The van der Waals surface area contributed by atoms with Gasteiger partial charge >= 0.3 is 0 Å². The number of hydrogen-bond acceptors (Lipinski definition) is 5. The molecule has 0 aliphatic carbocycles. The quantitative estimate of drug-likeness (QED) is 0.789. The maximum absolute atomic E-state index is 12.4. The summed E-state index contributed by atoms with van der Waals surface area (Å²) in [5.74, 6) is 0.664. The molecule has 0 spiro atoms. The fourth-order valence-corrected chi connectivity index (χ4v) is 3.10. The smallest absolute Gasteiger partial charge is 0.238 e. The summed E-state index contributed by atoms with van der Waals surface area (Å²) < 4.78 is 1.63. The van der Waals surface area contributed by atoms with Crippen LogP contribution in [-0.4, -0.2) is 37.6 Å². The Hall–Kier alpha value is -3.06. The van der Waals surface area contributed by atoms with Gasteiger partial charge in [-0.25, -0.2) is 0 Å². The predicted octanol–water partition coefficient (Wildman–Crippen LogP) is 1.93. The van der Waals surface area contributed by atoms with Crippen LogP contribution in [0.25, 0.3) is 5.69 Å². The zero-order valence-corrected chi connectivity index (χ0v) is 13.9. The maximum Gasteiger partial charge on any atom is 0.238 e. The molecule has 7 nitrogen and oxygen atoms in total. The highest BCUT2D eigenvalue weighted by atomic mass is 16.2. The summed E-state index contributed by atoms with van der Waals surface area (Å²) >= 11 is 0. The first kappa shape index (κ1) is 15.5. The third kappa shape index (κ3) is 3.27. The Morgan fingerprint density at radius 1 is 1.12 bits per heavy atom. The van der Waals surface area contributed by atoms with E-state index in [2.05, 4.69) is 37.9 Å². The zero-order chi connectivity index (χ0) is 17.2. The van der Waals surface area contributed by atoms with Crippen molar-refractivity contribution in [2.75, 3.05) is 11.9 Å². The van der Waals surface area contributed by atoms with Gasteiger partial charge in [0.25, 0.3) is 0 Å². The van der Waals surface area contributed by atoms with Crippen molar-refractivity contribution in [2.45, 2.75) is 20.0 Å². The fraction of sp³-hybridized carbons (Fsp3) is 0.222. The van der Waals surface area contributed by atoms with Crippen LogP contribution in [-0.2, 0) is 17.9 Å². The molecule has 126 valence electrons. The van der Waals surface area contributed by atoms with Gasteiger partial charge in [0.15, 0.2) is 5.82 Å². The van der Waals surface area contributed by atoms with Gasteiger partial charge in [0.2, 0.25) is 5.91 Å². The summed E-state index contributed by atoms with van der Waals surface area (Å²) in [4.78, 5) is 14.5. The number of nitrogens with one attached hydrogen (secondary N) is 1. The van der Waals surface area contributed by atoms with Crippen LogP contribution in [0.15, 0.2) is 48.5 Å². The molecule has 0 unspecified atom stereocenters. The highest BCUT2D eigenvalue weighted by Crippen LogP contribution is 2.22. The van der Waals surface area contributed by atoms with Crippen molar-refractivity contribution in [1.82, 2.24) is 25.1 Å². The largest absolute Gasteiger partial charge is 0.325 e. The van der Waals surface area contributed by atoms with Crippen molar-refractivity contribution in [1.29, 1.82) is 0 Å². The van der Waals surface area contributed by atoms with E-state index in [0.29, 0.717) is 12.4 Å². The van der Waals surface area contributed by atoms with E-state index in [1.54, 1.807) is 4.68 Å². The average molecular weight is 334 g/mol. The standard InChI is InChI=1S/C18H18N6O/c1-13-20-21-22-24(13)17-8-4-7-16(9-17)19-18(25)12-23-10-14-5-2-3-6-15(14)11-23/h2-9H,10-12H2,1H3,(H,19,25). The molecular weight excluding hydrogens is 316 g/mol. The van der Waals surface area contributed by atoms with Crippen LogP contribution in [0.1, 0.15) is 17.0 Å². The number of tetrazole rings is 1. The number of rotatable bonds is 4. The van der Waals surface area contributed by atoms with Gasteiger partial charge in [-0.2, -0.15) is 4.68 Å². The minimum absolute atomic E-state index is 0.0293. The predicted molar refractivity (Wildman–Crippen MR) is 93.1 cm³/mol. The van der Waals surface area contributed by atoms with E-state index in [0.717, 1.165) is 24.5 Å². The Kier molecular flexibility index (Phi) is 3.99. The summed E-state index contributed by atoms with van der Waals surface area (Å²) in [5, 5.41) is 14.4. The van der Waals surface area contributed by atoms with Gasteiger partial charge in [0.05, 0.1) is 12.2 Å². The van der Waals surface area contributed by atoms with E-state index < -0.39 is 0 Å². The SMILES string of the molecule is Cc1nnnn1-c1cccc(NC(=O)CN2Cc3ccccc3C2)c1. The number of amides is 1. The zero-order valence-electron chi connectivity index (χ0n) is 13.9. The van der Waals surface area contributed by atoms with Crippen LogP contribution in [0.3, 0.4) is 0 Å².